The average Bonchev–Trinajstić information content (AvgIpc) is 2.99. The lowest BCUT2D eigenvalue weighted by atomic mass is 9.77. The van der Waals surface area contributed by atoms with Crippen molar-refractivity contribution in [1.29, 1.82) is 0 Å². The number of fused-ring (bicyclic) bond motifs is 1. The fraction of sp³-hybridized carbons (Fsp3) is 0.786. The molecule has 1 aliphatic heterocycles. The molecule has 1 fully saturated rings. The van der Waals surface area contributed by atoms with E-state index in [0.717, 1.165) is 23.9 Å². The molecule has 0 aliphatic carbocycles. The zero-order valence-corrected chi connectivity index (χ0v) is 13.3. The minimum absolute atomic E-state index is 0.201. The standard InChI is InChI=1S/C14H23N5S/c1-4-6-14(7-5-8-15-9-14)12-18-19-11(10(2)3)16-17-13(19)20-12/h10,15H,4-9H2,1-3H3. The minimum Gasteiger partial charge on any atom is -0.316 e. The maximum absolute atomic E-state index is 4.88. The number of nitrogens with one attached hydrogen (secondary N) is 1. The highest BCUT2D eigenvalue weighted by Gasteiger charge is 2.37. The molecule has 0 spiro atoms. The summed E-state index contributed by atoms with van der Waals surface area (Å²) in [6, 6.07) is 0. The van der Waals surface area contributed by atoms with Crippen molar-refractivity contribution in [1.82, 2.24) is 25.1 Å². The van der Waals surface area contributed by atoms with E-state index >= 15 is 0 Å². The van der Waals surface area contributed by atoms with Gasteiger partial charge in [0.25, 0.3) is 0 Å². The van der Waals surface area contributed by atoms with Crippen molar-refractivity contribution in [3.05, 3.63) is 10.8 Å². The van der Waals surface area contributed by atoms with E-state index in [4.69, 9.17) is 5.10 Å². The molecule has 1 unspecified atom stereocenters. The lowest BCUT2D eigenvalue weighted by Gasteiger charge is -2.35. The molecule has 3 rings (SSSR count). The van der Waals surface area contributed by atoms with E-state index in [1.165, 1.54) is 30.7 Å². The molecule has 3 heterocycles. The highest BCUT2D eigenvalue weighted by Crippen LogP contribution is 2.38. The van der Waals surface area contributed by atoms with Crippen LogP contribution in [0.25, 0.3) is 4.96 Å². The summed E-state index contributed by atoms with van der Waals surface area (Å²) in [7, 11) is 0. The van der Waals surface area contributed by atoms with Crippen molar-refractivity contribution in [3.63, 3.8) is 0 Å². The first kappa shape index (κ1) is 13.9. The third-order valence-corrected chi connectivity index (χ3v) is 5.33. The average molecular weight is 293 g/mol. The van der Waals surface area contributed by atoms with Gasteiger partial charge in [-0.1, -0.05) is 38.5 Å². The number of nitrogens with zero attached hydrogens (tertiary/aromatic N) is 4. The Morgan fingerprint density at radius 2 is 2.25 bits per heavy atom. The third kappa shape index (κ3) is 2.24. The zero-order valence-electron chi connectivity index (χ0n) is 12.5. The molecule has 1 aliphatic rings. The molecule has 6 heteroatoms. The highest BCUT2D eigenvalue weighted by atomic mass is 32.1. The van der Waals surface area contributed by atoms with Gasteiger partial charge in [0, 0.05) is 17.9 Å². The van der Waals surface area contributed by atoms with Crippen LogP contribution in [0.5, 0.6) is 0 Å². The van der Waals surface area contributed by atoms with Crippen LogP contribution in [0.15, 0.2) is 0 Å². The first-order valence-electron chi connectivity index (χ1n) is 7.59. The van der Waals surface area contributed by atoms with Gasteiger partial charge in [-0.3, -0.25) is 0 Å². The second kappa shape index (κ2) is 5.41. The minimum atomic E-state index is 0.201. The maximum atomic E-state index is 4.88. The fourth-order valence-corrected chi connectivity index (χ4v) is 4.25. The van der Waals surface area contributed by atoms with Crippen LogP contribution >= 0.6 is 11.3 Å². The van der Waals surface area contributed by atoms with E-state index in [0.29, 0.717) is 5.92 Å². The maximum Gasteiger partial charge on any atom is 0.234 e. The van der Waals surface area contributed by atoms with E-state index in [2.05, 4.69) is 36.3 Å². The molecule has 0 bridgehead atoms. The Morgan fingerprint density at radius 1 is 1.40 bits per heavy atom. The summed E-state index contributed by atoms with van der Waals surface area (Å²) in [6.07, 6.45) is 4.85. The van der Waals surface area contributed by atoms with Crippen molar-refractivity contribution in [3.8, 4) is 0 Å². The van der Waals surface area contributed by atoms with Gasteiger partial charge in [0.2, 0.25) is 4.96 Å². The fourth-order valence-electron chi connectivity index (χ4n) is 3.16. The number of aromatic nitrogens is 4. The normalized spacial score (nSPS) is 23.8. The molecule has 0 radical (unpaired) electrons. The first-order valence-corrected chi connectivity index (χ1v) is 8.41. The molecule has 2 aromatic heterocycles. The molecular weight excluding hydrogens is 270 g/mol. The van der Waals surface area contributed by atoms with Gasteiger partial charge in [-0.25, -0.2) is 0 Å². The summed E-state index contributed by atoms with van der Waals surface area (Å²) >= 11 is 1.72. The summed E-state index contributed by atoms with van der Waals surface area (Å²) in [5.74, 6) is 1.32. The molecule has 0 amide bonds. The van der Waals surface area contributed by atoms with Gasteiger partial charge in [0.15, 0.2) is 5.82 Å². The summed E-state index contributed by atoms with van der Waals surface area (Å²) < 4.78 is 1.96. The third-order valence-electron chi connectivity index (χ3n) is 4.19. The van der Waals surface area contributed by atoms with Gasteiger partial charge in [-0.05, 0) is 25.8 Å². The summed E-state index contributed by atoms with van der Waals surface area (Å²) in [5, 5.41) is 18.2. The highest BCUT2D eigenvalue weighted by molar-refractivity contribution is 7.16. The van der Waals surface area contributed by atoms with Gasteiger partial charge >= 0.3 is 0 Å². The van der Waals surface area contributed by atoms with Crippen LogP contribution in [-0.4, -0.2) is 32.9 Å². The smallest absolute Gasteiger partial charge is 0.234 e. The molecule has 0 saturated carbocycles. The Hall–Kier alpha value is -1.01. The van der Waals surface area contributed by atoms with Crippen molar-refractivity contribution in [2.75, 3.05) is 13.1 Å². The Balaban J connectivity index is 2.02. The largest absolute Gasteiger partial charge is 0.316 e. The second-order valence-electron chi connectivity index (χ2n) is 6.13. The molecule has 5 nitrogen and oxygen atoms in total. The van der Waals surface area contributed by atoms with Crippen molar-refractivity contribution < 1.29 is 0 Å². The molecule has 1 saturated heterocycles. The monoisotopic (exact) mass is 293 g/mol. The summed E-state index contributed by atoms with van der Waals surface area (Å²) in [4.78, 5) is 0.935. The van der Waals surface area contributed by atoms with Crippen LogP contribution in [0, 0.1) is 0 Å². The predicted octanol–water partition coefficient (Wildman–Crippen LogP) is 2.73. The van der Waals surface area contributed by atoms with Gasteiger partial charge in [-0.15, -0.1) is 10.2 Å². The van der Waals surface area contributed by atoms with Gasteiger partial charge in [0.05, 0.1) is 0 Å². The Labute approximate surface area is 123 Å². The molecule has 0 aromatic carbocycles. The molecule has 1 atom stereocenters. The first-order chi connectivity index (χ1) is 9.66. The number of rotatable bonds is 4. The van der Waals surface area contributed by atoms with Crippen molar-refractivity contribution >= 4 is 16.3 Å². The van der Waals surface area contributed by atoms with Crippen LogP contribution in [0.4, 0.5) is 0 Å². The molecule has 1 N–H and O–H groups in total. The van der Waals surface area contributed by atoms with Crippen molar-refractivity contribution in [2.24, 2.45) is 0 Å². The molecule has 20 heavy (non-hydrogen) atoms. The van der Waals surface area contributed by atoms with E-state index in [9.17, 15) is 0 Å². The van der Waals surface area contributed by atoms with Gasteiger partial charge < -0.3 is 5.32 Å². The molecule has 2 aromatic rings. The molecule has 110 valence electrons. The summed E-state index contributed by atoms with van der Waals surface area (Å²) in [5.41, 5.74) is 0.201. The van der Waals surface area contributed by atoms with Crippen LogP contribution in [0.2, 0.25) is 0 Å². The van der Waals surface area contributed by atoms with E-state index in [1.54, 1.807) is 11.3 Å². The second-order valence-corrected chi connectivity index (χ2v) is 7.08. The number of hydrogen-bond acceptors (Lipinski definition) is 5. The number of piperidine rings is 1. The predicted molar refractivity (Wildman–Crippen MR) is 81.4 cm³/mol. The topological polar surface area (TPSA) is 55.1 Å². The molecular formula is C14H23N5S. The Kier molecular flexibility index (Phi) is 3.77. The van der Waals surface area contributed by atoms with Crippen LogP contribution in [0.3, 0.4) is 0 Å². The van der Waals surface area contributed by atoms with E-state index in [-0.39, 0.29) is 5.41 Å². The number of hydrogen-bond donors (Lipinski definition) is 1. The lowest BCUT2D eigenvalue weighted by Crippen LogP contribution is -2.43. The van der Waals surface area contributed by atoms with Crippen molar-refractivity contribution in [2.45, 2.75) is 57.8 Å². The zero-order chi connectivity index (χ0) is 14.2. The van der Waals surface area contributed by atoms with Crippen LogP contribution in [0.1, 0.15) is 63.2 Å². The van der Waals surface area contributed by atoms with Gasteiger partial charge in [0.1, 0.15) is 5.01 Å². The van der Waals surface area contributed by atoms with E-state index in [1.807, 2.05) is 4.52 Å². The summed E-state index contributed by atoms with van der Waals surface area (Å²) in [6.45, 7) is 8.71. The Bertz CT molecular complexity index is 574. The van der Waals surface area contributed by atoms with Crippen LogP contribution in [-0.2, 0) is 5.41 Å². The SMILES string of the molecule is CCCC1(c2nn3c(C(C)C)nnc3s2)CCCNC1. The Morgan fingerprint density at radius 3 is 2.90 bits per heavy atom. The van der Waals surface area contributed by atoms with Crippen LogP contribution < -0.4 is 5.32 Å². The quantitative estimate of drug-likeness (QED) is 0.941. The van der Waals surface area contributed by atoms with Gasteiger partial charge in [-0.2, -0.15) is 9.61 Å². The lowest BCUT2D eigenvalue weighted by molar-refractivity contribution is 0.287. The van der Waals surface area contributed by atoms with E-state index < -0.39 is 0 Å².